The van der Waals surface area contributed by atoms with Gasteiger partial charge in [0.25, 0.3) is 5.91 Å². The lowest BCUT2D eigenvalue weighted by molar-refractivity contribution is 0.0784. The summed E-state index contributed by atoms with van der Waals surface area (Å²) in [5.41, 5.74) is 7.00. The van der Waals surface area contributed by atoms with Crippen molar-refractivity contribution in [1.82, 2.24) is 9.80 Å². The monoisotopic (exact) mass is 311 g/mol. The summed E-state index contributed by atoms with van der Waals surface area (Å²) in [6, 6.07) is 5.85. The summed E-state index contributed by atoms with van der Waals surface area (Å²) in [5.74, 6) is 0.0261. The molecule has 18 heavy (non-hydrogen) atoms. The summed E-state index contributed by atoms with van der Waals surface area (Å²) < 4.78 is 0.878. The van der Waals surface area contributed by atoms with Gasteiger partial charge >= 0.3 is 0 Å². The smallest absolute Gasteiger partial charge is 0.256 e. The van der Waals surface area contributed by atoms with E-state index in [4.69, 9.17) is 5.73 Å². The zero-order chi connectivity index (χ0) is 13.3. The number of amides is 1. The van der Waals surface area contributed by atoms with Crippen molar-refractivity contribution in [3.8, 4) is 0 Å². The molecule has 4 nitrogen and oxygen atoms in total. The summed E-state index contributed by atoms with van der Waals surface area (Å²) >= 11 is 3.37. The molecule has 1 unspecified atom stereocenters. The Morgan fingerprint density at radius 1 is 1.50 bits per heavy atom. The molecular formula is C13H18BrN3O. The van der Waals surface area contributed by atoms with E-state index in [9.17, 15) is 4.79 Å². The van der Waals surface area contributed by atoms with Gasteiger partial charge in [-0.05, 0) is 38.7 Å². The van der Waals surface area contributed by atoms with E-state index >= 15 is 0 Å². The Bertz CT molecular complexity index is 462. The van der Waals surface area contributed by atoms with E-state index in [0.717, 1.165) is 24.0 Å². The SMILES string of the molecule is CN(C)C1CCN(C(=O)c2cc(Br)ccc2N)C1. The minimum Gasteiger partial charge on any atom is -0.398 e. The Balaban J connectivity index is 2.15. The highest BCUT2D eigenvalue weighted by molar-refractivity contribution is 9.10. The third-order valence-electron chi connectivity index (χ3n) is 3.43. The third kappa shape index (κ3) is 2.67. The molecule has 0 spiro atoms. The first-order chi connectivity index (χ1) is 8.49. The number of carbonyl (C=O) groups excluding carboxylic acids is 1. The van der Waals surface area contributed by atoms with E-state index in [2.05, 4.69) is 20.8 Å². The molecule has 0 saturated carbocycles. The highest BCUT2D eigenvalue weighted by Crippen LogP contribution is 2.22. The van der Waals surface area contributed by atoms with Gasteiger partial charge in [-0.3, -0.25) is 4.79 Å². The number of halogens is 1. The van der Waals surface area contributed by atoms with Gasteiger partial charge in [-0.2, -0.15) is 0 Å². The molecule has 0 bridgehead atoms. The van der Waals surface area contributed by atoms with E-state index in [-0.39, 0.29) is 5.91 Å². The van der Waals surface area contributed by atoms with Gasteiger partial charge in [-0.1, -0.05) is 15.9 Å². The molecule has 0 aliphatic carbocycles. The summed E-state index contributed by atoms with van der Waals surface area (Å²) in [5, 5.41) is 0. The van der Waals surface area contributed by atoms with Gasteiger partial charge in [0, 0.05) is 29.3 Å². The summed E-state index contributed by atoms with van der Waals surface area (Å²) in [7, 11) is 4.10. The van der Waals surface area contributed by atoms with Crippen LogP contribution in [0.2, 0.25) is 0 Å². The lowest BCUT2D eigenvalue weighted by Crippen LogP contribution is -2.34. The topological polar surface area (TPSA) is 49.6 Å². The fraction of sp³-hybridized carbons (Fsp3) is 0.462. The molecule has 98 valence electrons. The normalized spacial score (nSPS) is 19.6. The first kappa shape index (κ1) is 13.4. The predicted octanol–water partition coefficient (Wildman–Crippen LogP) is 1.81. The maximum atomic E-state index is 12.4. The van der Waals surface area contributed by atoms with Gasteiger partial charge < -0.3 is 15.5 Å². The standard InChI is InChI=1S/C13H18BrN3O/c1-16(2)10-5-6-17(8-10)13(18)11-7-9(14)3-4-12(11)15/h3-4,7,10H,5-6,8,15H2,1-2H3. The molecule has 2 rings (SSSR count). The lowest BCUT2D eigenvalue weighted by Gasteiger charge is -2.21. The van der Waals surface area contributed by atoms with Gasteiger partial charge in [0.1, 0.15) is 0 Å². The Morgan fingerprint density at radius 3 is 2.83 bits per heavy atom. The molecule has 0 aromatic heterocycles. The Kier molecular flexibility index (Phi) is 3.92. The molecule has 1 atom stereocenters. The number of carbonyl (C=O) groups is 1. The second-order valence-corrected chi connectivity index (χ2v) is 5.80. The van der Waals surface area contributed by atoms with Crippen LogP contribution in [0.3, 0.4) is 0 Å². The van der Waals surface area contributed by atoms with Crippen LogP contribution in [-0.4, -0.2) is 48.9 Å². The lowest BCUT2D eigenvalue weighted by atomic mass is 10.1. The number of nitrogens with two attached hydrogens (primary N) is 1. The molecule has 1 aliphatic rings. The first-order valence-electron chi connectivity index (χ1n) is 6.00. The second-order valence-electron chi connectivity index (χ2n) is 4.89. The van der Waals surface area contributed by atoms with E-state index < -0.39 is 0 Å². The van der Waals surface area contributed by atoms with Crippen molar-refractivity contribution in [2.75, 3.05) is 32.9 Å². The van der Waals surface area contributed by atoms with Crippen LogP contribution >= 0.6 is 15.9 Å². The van der Waals surface area contributed by atoms with Crippen molar-refractivity contribution in [2.24, 2.45) is 0 Å². The number of rotatable bonds is 2. The molecule has 1 saturated heterocycles. The molecule has 2 N–H and O–H groups in total. The van der Waals surface area contributed by atoms with Crippen LogP contribution in [0.4, 0.5) is 5.69 Å². The maximum Gasteiger partial charge on any atom is 0.256 e. The number of anilines is 1. The van der Waals surface area contributed by atoms with Gasteiger partial charge in [-0.25, -0.2) is 0 Å². The Morgan fingerprint density at radius 2 is 2.22 bits per heavy atom. The second kappa shape index (κ2) is 5.28. The van der Waals surface area contributed by atoms with Gasteiger partial charge in [-0.15, -0.1) is 0 Å². The zero-order valence-corrected chi connectivity index (χ0v) is 12.3. The molecule has 0 radical (unpaired) electrons. The highest BCUT2D eigenvalue weighted by atomic mass is 79.9. The number of nitrogens with zero attached hydrogens (tertiary/aromatic N) is 2. The van der Waals surface area contributed by atoms with Gasteiger partial charge in [0.2, 0.25) is 0 Å². The maximum absolute atomic E-state index is 12.4. The number of hydrogen-bond donors (Lipinski definition) is 1. The van der Waals surface area contributed by atoms with Crippen LogP contribution in [0, 0.1) is 0 Å². The minimum atomic E-state index is 0.0261. The average Bonchev–Trinajstić information content (AvgIpc) is 2.81. The molecule has 1 aliphatic heterocycles. The fourth-order valence-corrected chi connectivity index (χ4v) is 2.59. The quantitative estimate of drug-likeness (QED) is 0.847. The number of benzene rings is 1. The van der Waals surface area contributed by atoms with E-state index in [0.29, 0.717) is 17.3 Å². The molecule has 1 fully saturated rings. The van der Waals surface area contributed by atoms with Crippen molar-refractivity contribution in [3.63, 3.8) is 0 Å². The Hall–Kier alpha value is -1.07. The van der Waals surface area contributed by atoms with Crippen molar-refractivity contribution in [3.05, 3.63) is 28.2 Å². The largest absolute Gasteiger partial charge is 0.398 e. The number of likely N-dealkylation sites (tertiary alicyclic amines) is 1. The van der Waals surface area contributed by atoms with Gasteiger partial charge in [0.05, 0.1) is 5.56 Å². The fourth-order valence-electron chi connectivity index (χ4n) is 2.23. The van der Waals surface area contributed by atoms with Crippen LogP contribution in [0.25, 0.3) is 0 Å². The third-order valence-corrected chi connectivity index (χ3v) is 3.92. The van der Waals surface area contributed by atoms with Gasteiger partial charge in [0.15, 0.2) is 0 Å². The number of hydrogen-bond acceptors (Lipinski definition) is 3. The first-order valence-corrected chi connectivity index (χ1v) is 6.79. The van der Waals surface area contributed by atoms with Crippen molar-refractivity contribution >= 4 is 27.5 Å². The van der Waals surface area contributed by atoms with E-state index in [1.54, 1.807) is 12.1 Å². The summed E-state index contributed by atoms with van der Waals surface area (Å²) in [6.45, 7) is 1.57. The Labute approximate surface area is 116 Å². The van der Waals surface area contributed by atoms with Crippen molar-refractivity contribution < 1.29 is 4.79 Å². The minimum absolute atomic E-state index is 0.0261. The van der Waals surface area contributed by atoms with Crippen LogP contribution in [0.5, 0.6) is 0 Å². The number of likely N-dealkylation sites (N-methyl/N-ethyl adjacent to an activating group) is 1. The predicted molar refractivity (Wildman–Crippen MR) is 76.5 cm³/mol. The average molecular weight is 312 g/mol. The molecule has 1 amide bonds. The molecule has 1 aromatic rings. The van der Waals surface area contributed by atoms with E-state index in [1.807, 2.05) is 25.1 Å². The van der Waals surface area contributed by atoms with Crippen molar-refractivity contribution in [1.29, 1.82) is 0 Å². The summed E-state index contributed by atoms with van der Waals surface area (Å²) in [4.78, 5) is 16.4. The zero-order valence-electron chi connectivity index (χ0n) is 10.7. The molecule has 5 heteroatoms. The molecule has 1 aromatic carbocycles. The summed E-state index contributed by atoms with van der Waals surface area (Å²) in [6.07, 6.45) is 1.02. The van der Waals surface area contributed by atoms with E-state index in [1.165, 1.54) is 0 Å². The molecular weight excluding hydrogens is 294 g/mol. The number of nitrogen functional groups attached to an aromatic ring is 1. The van der Waals surface area contributed by atoms with Crippen LogP contribution in [0.15, 0.2) is 22.7 Å². The molecule has 1 heterocycles. The van der Waals surface area contributed by atoms with Crippen molar-refractivity contribution in [2.45, 2.75) is 12.5 Å². The van der Waals surface area contributed by atoms with Crippen LogP contribution in [0.1, 0.15) is 16.8 Å². The van der Waals surface area contributed by atoms with Crippen LogP contribution in [-0.2, 0) is 0 Å². The van der Waals surface area contributed by atoms with Crippen LogP contribution < -0.4 is 5.73 Å². The highest BCUT2D eigenvalue weighted by Gasteiger charge is 2.28.